The van der Waals surface area contributed by atoms with E-state index in [4.69, 9.17) is 0 Å². The molecule has 0 aliphatic carbocycles. The Balaban J connectivity index is 2.06. The highest BCUT2D eigenvalue weighted by Crippen LogP contribution is 2.16. The summed E-state index contributed by atoms with van der Waals surface area (Å²) in [7, 11) is -0.520. The number of aromatic nitrogens is 1. The minimum atomic E-state index is -3.56. The van der Waals surface area contributed by atoms with Crippen molar-refractivity contribution in [3.05, 3.63) is 53.9 Å². The second kappa shape index (κ2) is 8.29. The van der Waals surface area contributed by atoms with Crippen LogP contribution in [0.2, 0.25) is 0 Å². The smallest absolute Gasteiger partial charge is 0.321 e. The molecular weight excluding hydrogens is 352 g/mol. The highest BCUT2D eigenvalue weighted by atomic mass is 32.2. The van der Waals surface area contributed by atoms with Crippen molar-refractivity contribution < 1.29 is 13.2 Å². The van der Waals surface area contributed by atoms with Crippen LogP contribution in [0.5, 0.6) is 0 Å². The highest BCUT2D eigenvalue weighted by Gasteiger charge is 2.18. The summed E-state index contributed by atoms with van der Waals surface area (Å²) in [5.41, 5.74) is 2.45. The van der Waals surface area contributed by atoms with Crippen LogP contribution in [-0.4, -0.2) is 44.5 Å². The average molecular weight is 376 g/mol. The molecule has 0 bridgehead atoms. The number of nitrogens with one attached hydrogen (secondary N) is 2. The van der Waals surface area contributed by atoms with Gasteiger partial charge in [-0.1, -0.05) is 6.07 Å². The lowest BCUT2D eigenvalue weighted by Gasteiger charge is -2.25. The van der Waals surface area contributed by atoms with Crippen molar-refractivity contribution >= 4 is 21.7 Å². The van der Waals surface area contributed by atoms with Crippen molar-refractivity contribution in [2.45, 2.75) is 31.2 Å². The van der Waals surface area contributed by atoms with Crippen LogP contribution in [-0.2, 0) is 16.4 Å². The maximum atomic E-state index is 12.5. The number of carbonyl (C=O) groups is 1. The Morgan fingerprint density at radius 2 is 2.00 bits per heavy atom. The van der Waals surface area contributed by atoms with Crippen molar-refractivity contribution in [2.24, 2.45) is 0 Å². The molecule has 2 N–H and O–H groups in total. The van der Waals surface area contributed by atoms with Crippen molar-refractivity contribution in [3.8, 4) is 0 Å². The molecule has 26 heavy (non-hydrogen) atoms. The van der Waals surface area contributed by atoms with Crippen molar-refractivity contribution in [2.75, 3.05) is 19.4 Å². The molecule has 0 saturated carbocycles. The zero-order valence-corrected chi connectivity index (χ0v) is 16.2. The van der Waals surface area contributed by atoms with Crippen LogP contribution in [0, 0.1) is 6.92 Å². The molecule has 0 spiro atoms. The van der Waals surface area contributed by atoms with Crippen molar-refractivity contribution in [1.82, 2.24) is 14.6 Å². The Morgan fingerprint density at radius 3 is 2.65 bits per heavy atom. The first-order chi connectivity index (χ1) is 12.2. The summed E-state index contributed by atoms with van der Waals surface area (Å²) in [6.07, 6.45) is 2.38. The summed E-state index contributed by atoms with van der Waals surface area (Å²) in [5.74, 6) is 0. The number of amides is 2. The summed E-state index contributed by atoms with van der Waals surface area (Å²) in [6, 6.07) is 9.65. The molecule has 2 amide bonds. The third kappa shape index (κ3) is 5.03. The third-order valence-corrected chi connectivity index (χ3v) is 5.53. The largest absolute Gasteiger partial charge is 0.324 e. The van der Waals surface area contributed by atoms with Gasteiger partial charge in [0.2, 0.25) is 10.0 Å². The number of hydrogen-bond donors (Lipinski definition) is 2. The molecular formula is C18H24N4O3S. The van der Waals surface area contributed by atoms with Gasteiger partial charge in [-0.3, -0.25) is 4.98 Å². The average Bonchev–Trinajstić information content (AvgIpc) is 2.61. The fourth-order valence-corrected chi connectivity index (χ4v) is 3.20. The first-order valence-electron chi connectivity index (χ1n) is 8.22. The van der Waals surface area contributed by atoms with Crippen molar-refractivity contribution in [1.29, 1.82) is 0 Å². The Labute approximate surface area is 154 Å². The van der Waals surface area contributed by atoms with E-state index in [0.29, 0.717) is 12.1 Å². The normalized spacial score (nSPS) is 12.5. The number of nitrogens with zero attached hydrogens (tertiary/aromatic N) is 2. The Bertz CT molecular complexity index is 884. The number of benzene rings is 1. The molecule has 0 aliphatic heterocycles. The van der Waals surface area contributed by atoms with Gasteiger partial charge in [-0.25, -0.2) is 17.9 Å². The Hall–Kier alpha value is -2.45. The van der Waals surface area contributed by atoms with Gasteiger partial charge in [-0.2, -0.15) is 0 Å². The second-order valence-corrected chi connectivity index (χ2v) is 8.04. The van der Waals surface area contributed by atoms with Crippen LogP contribution >= 0.6 is 0 Å². The lowest BCUT2D eigenvalue weighted by molar-refractivity contribution is 0.207. The number of aryl methyl sites for hydroxylation is 1. The van der Waals surface area contributed by atoms with Crippen LogP contribution < -0.4 is 10.0 Å². The Morgan fingerprint density at radius 1 is 1.27 bits per heavy atom. The van der Waals surface area contributed by atoms with Gasteiger partial charge in [0, 0.05) is 37.1 Å². The van der Waals surface area contributed by atoms with Crippen LogP contribution in [0.15, 0.2) is 47.5 Å². The Kier molecular flexibility index (Phi) is 6.33. The quantitative estimate of drug-likeness (QED) is 0.810. The lowest BCUT2D eigenvalue weighted by atomic mass is 10.1. The summed E-state index contributed by atoms with van der Waals surface area (Å²) < 4.78 is 26.0. The minimum absolute atomic E-state index is 0.0754. The SMILES string of the molecule is CNS(=O)(=O)c1cccc(NC(=O)N(C)[C@H](C)Cc2cc(C)ccn2)c1. The summed E-state index contributed by atoms with van der Waals surface area (Å²) >= 11 is 0. The standard InChI is InChI=1S/C18H24N4O3S/c1-13-8-9-20-16(10-13)11-14(2)22(4)18(23)21-15-6-5-7-17(12-15)26(24,25)19-3/h5-10,12,14,19H,11H2,1-4H3,(H,21,23)/t14-/m1/s1. The molecule has 0 radical (unpaired) electrons. The second-order valence-electron chi connectivity index (χ2n) is 6.15. The number of urea groups is 1. The molecule has 7 nitrogen and oxygen atoms in total. The molecule has 1 heterocycles. The molecule has 0 fully saturated rings. The third-order valence-electron chi connectivity index (χ3n) is 4.12. The van der Waals surface area contributed by atoms with E-state index in [0.717, 1.165) is 11.3 Å². The molecule has 140 valence electrons. The summed E-state index contributed by atoms with van der Waals surface area (Å²) in [5, 5.41) is 2.73. The number of rotatable bonds is 6. The summed E-state index contributed by atoms with van der Waals surface area (Å²) in [6.45, 7) is 3.93. The zero-order valence-electron chi connectivity index (χ0n) is 15.4. The lowest BCUT2D eigenvalue weighted by Crippen LogP contribution is -2.39. The monoisotopic (exact) mass is 376 g/mol. The number of pyridine rings is 1. The number of sulfonamides is 1. The number of likely N-dealkylation sites (N-methyl/N-ethyl adjacent to an activating group) is 1. The predicted octanol–water partition coefficient (Wildman–Crippen LogP) is 2.39. The number of hydrogen-bond acceptors (Lipinski definition) is 4. The van der Waals surface area contributed by atoms with Crippen LogP contribution in [0.1, 0.15) is 18.2 Å². The van der Waals surface area contributed by atoms with E-state index in [1.165, 1.54) is 19.2 Å². The molecule has 2 aromatic rings. The maximum Gasteiger partial charge on any atom is 0.321 e. The van der Waals surface area contributed by atoms with Crippen LogP contribution in [0.3, 0.4) is 0 Å². The van der Waals surface area contributed by atoms with Crippen LogP contribution in [0.25, 0.3) is 0 Å². The zero-order chi connectivity index (χ0) is 19.3. The number of carbonyl (C=O) groups excluding carboxylic acids is 1. The number of anilines is 1. The molecule has 0 saturated heterocycles. The first kappa shape index (κ1) is 19.9. The molecule has 2 rings (SSSR count). The topological polar surface area (TPSA) is 91.4 Å². The van der Waals surface area contributed by atoms with Gasteiger partial charge in [0.15, 0.2) is 0 Å². The minimum Gasteiger partial charge on any atom is -0.324 e. The fourth-order valence-electron chi connectivity index (χ4n) is 2.42. The fraction of sp³-hybridized carbons (Fsp3) is 0.333. The molecule has 0 unspecified atom stereocenters. The van der Waals surface area contributed by atoms with E-state index in [1.807, 2.05) is 26.0 Å². The van der Waals surface area contributed by atoms with Gasteiger partial charge in [0.25, 0.3) is 0 Å². The molecule has 1 atom stereocenters. The van der Waals surface area contributed by atoms with Gasteiger partial charge in [0.05, 0.1) is 4.90 Å². The van der Waals surface area contributed by atoms with Gasteiger partial charge < -0.3 is 10.2 Å². The molecule has 1 aromatic heterocycles. The highest BCUT2D eigenvalue weighted by molar-refractivity contribution is 7.89. The maximum absolute atomic E-state index is 12.5. The van der Waals surface area contributed by atoms with E-state index in [1.54, 1.807) is 30.3 Å². The molecule has 0 aliphatic rings. The van der Waals surface area contributed by atoms with Gasteiger partial charge in [0.1, 0.15) is 0 Å². The molecule has 1 aromatic carbocycles. The van der Waals surface area contributed by atoms with E-state index in [-0.39, 0.29) is 17.0 Å². The van der Waals surface area contributed by atoms with Gasteiger partial charge in [-0.05, 0) is 56.8 Å². The van der Waals surface area contributed by atoms with Gasteiger partial charge in [-0.15, -0.1) is 0 Å². The van der Waals surface area contributed by atoms with Crippen molar-refractivity contribution in [3.63, 3.8) is 0 Å². The van der Waals surface area contributed by atoms with Gasteiger partial charge >= 0.3 is 6.03 Å². The van der Waals surface area contributed by atoms with E-state index in [9.17, 15) is 13.2 Å². The van der Waals surface area contributed by atoms with E-state index in [2.05, 4.69) is 15.0 Å². The van der Waals surface area contributed by atoms with E-state index < -0.39 is 10.0 Å². The predicted molar refractivity (Wildman–Crippen MR) is 102 cm³/mol. The van der Waals surface area contributed by atoms with E-state index >= 15 is 0 Å². The first-order valence-corrected chi connectivity index (χ1v) is 9.70. The summed E-state index contributed by atoms with van der Waals surface area (Å²) in [4.78, 5) is 18.5. The van der Waals surface area contributed by atoms with Crippen LogP contribution in [0.4, 0.5) is 10.5 Å². The molecule has 8 heteroatoms.